The van der Waals surface area contributed by atoms with Crippen LogP contribution in [-0.2, 0) is 0 Å². The Labute approximate surface area is 73.4 Å². The van der Waals surface area contributed by atoms with Gasteiger partial charge < -0.3 is 9.32 Å². The number of aromatic nitrogens is 1. The molecule has 0 N–H and O–H groups in total. The predicted molar refractivity (Wildman–Crippen MR) is 49.5 cm³/mol. The lowest BCUT2D eigenvalue weighted by molar-refractivity contribution is 0.494. The number of hydrogen-bond donors (Lipinski definition) is 0. The van der Waals surface area contributed by atoms with E-state index in [-0.39, 0.29) is 0 Å². The lowest BCUT2D eigenvalue weighted by atomic mass is 10.4. The van der Waals surface area contributed by atoms with Gasteiger partial charge in [0, 0.05) is 20.0 Å². The van der Waals surface area contributed by atoms with Gasteiger partial charge in [-0.1, -0.05) is 0 Å². The van der Waals surface area contributed by atoms with Crippen molar-refractivity contribution in [1.82, 2.24) is 4.98 Å². The predicted octanol–water partition coefficient (Wildman–Crippen LogP) is 2.14. The van der Waals surface area contributed by atoms with Crippen molar-refractivity contribution in [3.63, 3.8) is 0 Å². The largest absolute Gasteiger partial charge is 0.444 e. The molecular weight excluding hydrogens is 152 g/mol. The van der Waals surface area contributed by atoms with Gasteiger partial charge in [0.1, 0.15) is 5.76 Å². The molecule has 0 aliphatic carbocycles. The van der Waals surface area contributed by atoms with E-state index in [4.69, 9.17) is 4.42 Å². The van der Waals surface area contributed by atoms with E-state index in [1.165, 1.54) is 0 Å². The zero-order valence-electron chi connectivity index (χ0n) is 8.22. The fraction of sp³-hybridized carbons (Fsp3) is 0.667. The molecule has 0 aliphatic rings. The zero-order valence-corrected chi connectivity index (χ0v) is 8.22. The molecule has 0 aliphatic heterocycles. The summed E-state index contributed by atoms with van der Waals surface area (Å²) in [6.07, 6.45) is 0. The molecule has 3 heteroatoms. The molecule has 0 bridgehead atoms. The highest BCUT2D eigenvalue weighted by molar-refractivity contribution is 5.41. The van der Waals surface area contributed by atoms with Crippen molar-refractivity contribution in [3.05, 3.63) is 11.7 Å². The highest BCUT2D eigenvalue weighted by Crippen LogP contribution is 2.18. The summed E-state index contributed by atoms with van der Waals surface area (Å²) in [6, 6.07) is 0. The summed E-state index contributed by atoms with van der Waals surface area (Å²) in [5.74, 6) is 2.64. The fourth-order valence-electron chi connectivity index (χ4n) is 1.33. The fourth-order valence-corrected chi connectivity index (χ4v) is 1.33. The number of anilines is 1. The molecule has 0 atom stereocenters. The second-order valence-corrected chi connectivity index (χ2v) is 2.78. The Kier molecular flexibility index (Phi) is 2.74. The molecule has 1 aromatic rings. The van der Waals surface area contributed by atoms with Gasteiger partial charge in [0.2, 0.25) is 0 Å². The maximum absolute atomic E-state index is 5.35. The van der Waals surface area contributed by atoms with Crippen molar-refractivity contribution in [2.45, 2.75) is 27.7 Å². The standard InChI is InChI=1S/C9H16N2O/c1-5-11(6-2)9-7(3)12-8(4)10-9/h5-6H2,1-4H3. The molecule has 3 nitrogen and oxygen atoms in total. The van der Waals surface area contributed by atoms with Gasteiger partial charge in [-0.15, -0.1) is 0 Å². The van der Waals surface area contributed by atoms with Crippen molar-refractivity contribution < 1.29 is 4.42 Å². The summed E-state index contributed by atoms with van der Waals surface area (Å²) in [7, 11) is 0. The van der Waals surface area contributed by atoms with Crippen LogP contribution in [0.2, 0.25) is 0 Å². The number of rotatable bonds is 3. The minimum Gasteiger partial charge on any atom is -0.444 e. The summed E-state index contributed by atoms with van der Waals surface area (Å²) in [6.45, 7) is 10.0. The number of oxazole rings is 1. The average Bonchev–Trinajstić information content (AvgIpc) is 2.34. The van der Waals surface area contributed by atoms with E-state index < -0.39 is 0 Å². The van der Waals surface area contributed by atoms with Crippen LogP contribution in [0.5, 0.6) is 0 Å². The van der Waals surface area contributed by atoms with Crippen molar-refractivity contribution in [2.24, 2.45) is 0 Å². The number of nitrogens with zero attached hydrogens (tertiary/aromatic N) is 2. The van der Waals surface area contributed by atoms with Crippen LogP contribution in [0.3, 0.4) is 0 Å². The number of aryl methyl sites for hydroxylation is 2. The molecule has 0 unspecified atom stereocenters. The van der Waals surface area contributed by atoms with Crippen LogP contribution < -0.4 is 4.90 Å². The quantitative estimate of drug-likeness (QED) is 0.692. The molecule has 12 heavy (non-hydrogen) atoms. The highest BCUT2D eigenvalue weighted by Gasteiger charge is 2.11. The maximum Gasteiger partial charge on any atom is 0.193 e. The van der Waals surface area contributed by atoms with E-state index in [1.807, 2.05) is 13.8 Å². The number of hydrogen-bond acceptors (Lipinski definition) is 3. The Morgan fingerprint density at radius 1 is 1.25 bits per heavy atom. The van der Waals surface area contributed by atoms with Crippen molar-refractivity contribution >= 4 is 5.82 Å². The lowest BCUT2D eigenvalue weighted by Crippen LogP contribution is -2.22. The van der Waals surface area contributed by atoms with Gasteiger partial charge >= 0.3 is 0 Å². The van der Waals surface area contributed by atoms with Crippen LogP contribution in [0.25, 0.3) is 0 Å². The van der Waals surface area contributed by atoms with Gasteiger partial charge in [-0.3, -0.25) is 0 Å². The van der Waals surface area contributed by atoms with Gasteiger partial charge in [0.05, 0.1) is 0 Å². The third kappa shape index (κ3) is 1.60. The zero-order chi connectivity index (χ0) is 9.14. The van der Waals surface area contributed by atoms with Gasteiger partial charge in [-0.2, -0.15) is 4.98 Å². The van der Waals surface area contributed by atoms with Gasteiger partial charge in [-0.25, -0.2) is 0 Å². The van der Waals surface area contributed by atoms with E-state index in [9.17, 15) is 0 Å². The van der Waals surface area contributed by atoms with E-state index in [0.29, 0.717) is 0 Å². The van der Waals surface area contributed by atoms with E-state index in [0.717, 1.165) is 30.6 Å². The monoisotopic (exact) mass is 168 g/mol. The van der Waals surface area contributed by atoms with Gasteiger partial charge in [0.15, 0.2) is 11.7 Å². The summed E-state index contributed by atoms with van der Waals surface area (Å²) in [5.41, 5.74) is 0. The molecule has 0 spiro atoms. The van der Waals surface area contributed by atoms with E-state index >= 15 is 0 Å². The second kappa shape index (κ2) is 3.61. The maximum atomic E-state index is 5.35. The molecule has 1 heterocycles. The topological polar surface area (TPSA) is 29.3 Å². The summed E-state index contributed by atoms with van der Waals surface area (Å²) < 4.78 is 5.35. The molecule has 68 valence electrons. The molecule has 0 saturated carbocycles. The van der Waals surface area contributed by atoms with Crippen molar-refractivity contribution in [3.8, 4) is 0 Å². The molecule has 1 aromatic heterocycles. The first-order valence-electron chi connectivity index (χ1n) is 4.38. The SMILES string of the molecule is CCN(CC)c1nc(C)oc1C. The van der Waals surface area contributed by atoms with Crippen LogP contribution >= 0.6 is 0 Å². The molecule has 0 amide bonds. The van der Waals surface area contributed by atoms with Gasteiger partial charge in [0.25, 0.3) is 0 Å². The van der Waals surface area contributed by atoms with E-state index in [1.54, 1.807) is 0 Å². The first-order valence-corrected chi connectivity index (χ1v) is 4.38. The third-order valence-electron chi connectivity index (χ3n) is 1.94. The molecule has 0 saturated heterocycles. The molecule has 0 radical (unpaired) electrons. The Bertz CT molecular complexity index is 251. The van der Waals surface area contributed by atoms with Crippen LogP contribution in [0, 0.1) is 13.8 Å². The van der Waals surface area contributed by atoms with Crippen LogP contribution in [-0.4, -0.2) is 18.1 Å². The molecule has 1 rings (SSSR count). The minimum absolute atomic E-state index is 0.745. The first kappa shape index (κ1) is 9.10. The van der Waals surface area contributed by atoms with Crippen molar-refractivity contribution in [2.75, 3.05) is 18.0 Å². The molecular formula is C9H16N2O. The molecule has 0 aromatic carbocycles. The summed E-state index contributed by atoms with van der Waals surface area (Å²) in [4.78, 5) is 6.50. The van der Waals surface area contributed by atoms with E-state index in [2.05, 4.69) is 23.7 Å². The van der Waals surface area contributed by atoms with Crippen LogP contribution in [0.1, 0.15) is 25.5 Å². The summed E-state index contributed by atoms with van der Waals surface area (Å²) >= 11 is 0. The Balaban J connectivity index is 2.91. The Hall–Kier alpha value is -0.990. The first-order chi connectivity index (χ1) is 5.69. The average molecular weight is 168 g/mol. The third-order valence-corrected chi connectivity index (χ3v) is 1.94. The molecule has 0 fully saturated rings. The van der Waals surface area contributed by atoms with Crippen LogP contribution in [0.15, 0.2) is 4.42 Å². The summed E-state index contributed by atoms with van der Waals surface area (Å²) in [5, 5.41) is 0. The normalized spacial score (nSPS) is 10.3. The lowest BCUT2D eigenvalue weighted by Gasteiger charge is -2.17. The highest BCUT2D eigenvalue weighted by atomic mass is 16.4. The smallest absolute Gasteiger partial charge is 0.193 e. The van der Waals surface area contributed by atoms with Gasteiger partial charge in [-0.05, 0) is 20.8 Å². The Morgan fingerprint density at radius 3 is 2.17 bits per heavy atom. The van der Waals surface area contributed by atoms with Crippen molar-refractivity contribution in [1.29, 1.82) is 0 Å². The minimum atomic E-state index is 0.745. The van der Waals surface area contributed by atoms with Crippen LogP contribution in [0.4, 0.5) is 5.82 Å². The second-order valence-electron chi connectivity index (χ2n) is 2.78. The Morgan fingerprint density at radius 2 is 1.83 bits per heavy atom.